The van der Waals surface area contributed by atoms with Gasteiger partial charge >= 0.3 is 0 Å². The molecule has 1 aromatic heterocycles. The first-order valence-electron chi connectivity index (χ1n) is 6.20. The minimum atomic E-state index is -0.0363. The van der Waals surface area contributed by atoms with Gasteiger partial charge in [0, 0.05) is 18.2 Å². The summed E-state index contributed by atoms with van der Waals surface area (Å²) < 4.78 is 5.63. The van der Waals surface area contributed by atoms with Crippen LogP contribution >= 0.6 is 0 Å². The van der Waals surface area contributed by atoms with Crippen LogP contribution in [0.4, 0.5) is 0 Å². The van der Waals surface area contributed by atoms with E-state index >= 15 is 0 Å². The molecule has 0 atom stereocenters. The maximum absolute atomic E-state index is 5.63. The summed E-state index contributed by atoms with van der Waals surface area (Å²) >= 11 is 0. The van der Waals surface area contributed by atoms with E-state index in [4.69, 9.17) is 4.74 Å². The van der Waals surface area contributed by atoms with Crippen LogP contribution in [0, 0.1) is 6.92 Å². The fraction of sp³-hybridized carbons (Fsp3) is 0.312. The molecule has 0 bridgehead atoms. The lowest BCUT2D eigenvalue weighted by molar-refractivity contribution is 0.138. The molecule has 0 saturated heterocycles. The van der Waals surface area contributed by atoms with Crippen molar-refractivity contribution in [3.05, 3.63) is 59.9 Å². The summed E-state index contributed by atoms with van der Waals surface area (Å²) in [6, 6.07) is 12.3. The molecule has 2 aromatic rings. The molecule has 0 spiro atoms. The molecular weight excluding hydrogens is 222 g/mol. The molecule has 2 heterocycles. The van der Waals surface area contributed by atoms with E-state index in [0.717, 1.165) is 12.2 Å². The number of hydrogen-bond donors (Lipinski definition) is 0. The molecule has 0 fully saturated rings. The van der Waals surface area contributed by atoms with Gasteiger partial charge in [-0.15, -0.1) is 0 Å². The second kappa shape index (κ2) is 5.21. The minimum absolute atomic E-state index is 0.0363. The Bertz CT molecular complexity index is 479. The molecule has 0 unspecified atom stereocenters. The van der Waals surface area contributed by atoms with Gasteiger partial charge in [-0.1, -0.05) is 35.9 Å². The number of aromatic nitrogens is 1. The van der Waals surface area contributed by atoms with E-state index in [2.05, 4.69) is 37.9 Å². The highest BCUT2D eigenvalue weighted by molar-refractivity contribution is 5.35. The number of hydrogen-bond acceptors (Lipinski definition) is 2. The molecule has 1 aliphatic rings. The van der Waals surface area contributed by atoms with Gasteiger partial charge in [0.05, 0.1) is 6.20 Å². The van der Waals surface area contributed by atoms with Crippen LogP contribution in [0.15, 0.2) is 48.8 Å². The van der Waals surface area contributed by atoms with Crippen molar-refractivity contribution in [2.24, 2.45) is 0 Å². The zero-order valence-electron chi connectivity index (χ0n) is 11.2. The lowest BCUT2D eigenvalue weighted by atomic mass is 10.0. The Hall–Kier alpha value is -1.83. The van der Waals surface area contributed by atoms with Crippen molar-refractivity contribution in [2.45, 2.75) is 32.8 Å². The molecule has 0 saturated carbocycles. The summed E-state index contributed by atoms with van der Waals surface area (Å²) in [5, 5.41) is 0. The van der Waals surface area contributed by atoms with Crippen LogP contribution in [0.2, 0.25) is 0 Å². The molecule has 0 radical (unpaired) electrons. The predicted molar refractivity (Wildman–Crippen MR) is 73.8 cm³/mol. The largest absolute Gasteiger partial charge is 0.486 e. The zero-order valence-corrected chi connectivity index (χ0v) is 11.2. The van der Waals surface area contributed by atoms with Crippen LogP contribution in [0.3, 0.4) is 0 Å². The van der Waals surface area contributed by atoms with Crippen molar-refractivity contribution in [3.8, 4) is 5.75 Å². The van der Waals surface area contributed by atoms with Gasteiger partial charge in [-0.25, -0.2) is 0 Å². The maximum Gasteiger partial charge on any atom is 0.141 e. The number of nitrogens with zero attached hydrogens (tertiary/aromatic N) is 1. The third-order valence-electron chi connectivity index (χ3n) is 2.81. The third-order valence-corrected chi connectivity index (χ3v) is 2.81. The van der Waals surface area contributed by atoms with Gasteiger partial charge in [-0.3, -0.25) is 4.98 Å². The molecule has 3 rings (SSSR count). The van der Waals surface area contributed by atoms with Crippen molar-refractivity contribution in [3.63, 3.8) is 0 Å². The van der Waals surface area contributed by atoms with Gasteiger partial charge in [0.2, 0.25) is 0 Å². The highest BCUT2D eigenvalue weighted by atomic mass is 16.5. The van der Waals surface area contributed by atoms with E-state index in [0.29, 0.717) is 0 Å². The lowest BCUT2D eigenvalue weighted by Crippen LogP contribution is -2.24. The standard InChI is InChI=1S/C9H11NO.C7H8/c1-9(2)5-7-3-4-10-6-8(7)11-9;1-7-5-3-2-4-6-7/h3-4,6H,5H2,1-2H3;2-6H,1H3. The third kappa shape index (κ3) is 3.33. The van der Waals surface area contributed by atoms with Gasteiger partial charge < -0.3 is 4.74 Å². The molecule has 18 heavy (non-hydrogen) atoms. The number of benzene rings is 1. The summed E-state index contributed by atoms with van der Waals surface area (Å²) in [5.41, 5.74) is 2.55. The molecule has 94 valence electrons. The number of rotatable bonds is 0. The van der Waals surface area contributed by atoms with Crippen molar-refractivity contribution < 1.29 is 4.74 Å². The SMILES string of the molecule is CC1(C)Cc2ccncc2O1.Cc1ccccc1. The second-order valence-corrected chi connectivity index (χ2v) is 5.18. The molecule has 0 amide bonds. The Balaban J connectivity index is 0.000000149. The topological polar surface area (TPSA) is 22.1 Å². The van der Waals surface area contributed by atoms with E-state index in [9.17, 15) is 0 Å². The summed E-state index contributed by atoms with van der Waals surface area (Å²) in [6.07, 6.45) is 4.58. The van der Waals surface area contributed by atoms with Gasteiger partial charge in [0.1, 0.15) is 11.4 Å². The molecule has 0 aliphatic carbocycles. The first kappa shape index (κ1) is 12.6. The Morgan fingerprint density at radius 2 is 1.83 bits per heavy atom. The fourth-order valence-electron chi connectivity index (χ4n) is 1.97. The molecule has 2 nitrogen and oxygen atoms in total. The molecular formula is C16H19NO. The van der Waals surface area contributed by atoms with E-state index in [1.807, 2.05) is 30.5 Å². The smallest absolute Gasteiger partial charge is 0.141 e. The minimum Gasteiger partial charge on any atom is -0.486 e. The summed E-state index contributed by atoms with van der Waals surface area (Å²) in [5.74, 6) is 0.942. The molecule has 2 heteroatoms. The van der Waals surface area contributed by atoms with Crippen LogP contribution < -0.4 is 4.74 Å². The van der Waals surface area contributed by atoms with Crippen molar-refractivity contribution in [2.75, 3.05) is 0 Å². The van der Waals surface area contributed by atoms with Crippen LogP contribution in [-0.4, -0.2) is 10.6 Å². The van der Waals surface area contributed by atoms with Crippen molar-refractivity contribution in [1.29, 1.82) is 0 Å². The normalized spacial score (nSPS) is 15.1. The first-order chi connectivity index (χ1) is 8.57. The molecule has 0 N–H and O–H groups in total. The monoisotopic (exact) mass is 241 g/mol. The van der Waals surface area contributed by atoms with Crippen LogP contribution in [0.1, 0.15) is 25.0 Å². The Morgan fingerprint density at radius 1 is 1.11 bits per heavy atom. The number of ether oxygens (including phenoxy) is 1. The Labute approximate surface area is 109 Å². The van der Waals surface area contributed by atoms with Gasteiger partial charge in [0.25, 0.3) is 0 Å². The lowest BCUT2D eigenvalue weighted by Gasteiger charge is -2.16. The number of fused-ring (bicyclic) bond motifs is 1. The fourth-order valence-corrected chi connectivity index (χ4v) is 1.97. The first-order valence-corrected chi connectivity index (χ1v) is 6.20. The van der Waals surface area contributed by atoms with E-state index in [-0.39, 0.29) is 5.60 Å². The quantitative estimate of drug-likeness (QED) is 0.700. The highest BCUT2D eigenvalue weighted by Gasteiger charge is 2.29. The Kier molecular flexibility index (Phi) is 3.66. The Morgan fingerprint density at radius 3 is 2.39 bits per heavy atom. The summed E-state index contributed by atoms with van der Waals surface area (Å²) in [7, 11) is 0. The van der Waals surface area contributed by atoms with Crippen LogP contribution in [0.5, 0.6) is 5.75 Å². The predicted octanol–water partition coefficient (Wildman–Crippen LogP) is 3.79. The summed E-state index contributed by atoms with van der Waals surface area (Å²) in [6.45, 7) is 6.26. The van der Waals surface area contributed by atoms with E-state index in [1.54, 1.807) is 6.20 Å². The molecule has 1 aromatic carbocycles. The van der Waals surface area contributed by atoms with Gasteiger partial charge in [-0.05, 0) is 26.8 Å². The zero-order chi connectivity index (χ0) is 13.0. The average Bonchev–Trinajstić information content (AvgIpc) is 2.64. The van der Waals surface area contributed by atoms with Crippen LogP contribution in [-0.2, 0) is 6.42 Å². The van der Waals surface area contributed by atoms with Gasteiger partial charge in [0.15, 0.2) is 0 Å². The number of aryl methyl sites for hydroxylation is 1. The van der Waals surface area contributed by atoms with Crippen molar-refractivity contribution >= 4 is 0 Å². The van der Waals surface area contributed by atoms with Gasteiger partial charge in [-0.2, -0.15) is 0 Å². The summed E-state index contributed by atoms with van der Waals surface area (Å²) in [4.78, 5) is 4.00. The van der Waals surface area contributed by atoms with E-state index < -0.39 is 0 Å². The maximum atomic E-state index is 5.63. The van der Waals surface area contributed by atoms with Crippen LogP contribution in [0.25, 0.3) is 0 Å². The highest BCUT2D eigenvalue weighted by Crippen LogP contribution is 2.33. The average molecular weight is 241 g/mol. The molecule has 1 aliphatic heterocycles. The number of pyridine rings is 1. The second-order valence-electron chi connectivity index (χ2n) is 5.18. The van der Waals surface area contributed by atoms with Crippen molar-refractivity contribution in [1.82, 2.24) is 4.98 Å². The van der Waals surface area contributed by atoms with E-state index in [1.165, 1.54) is 11.1 Å².